The van der Waals surface area contributed by atoms with Crippen LogP contribution in [-0.2, 0) is 22.6 Å². The zero-order valence-corrected chi connectivity index (χ0v) is 18.8. The van der Waals surface area contributed by atoms with Crippen molar-refractivity contribution in [3.63, 3.8) is 0 Å². The minimum Gasteiger partial charge on any atom is -0.489 e. The third-order valence-corrected chi connectivity index (χ3v) is 5.73. The average Bonchev–Trinajstić information content (AvgIpc) is 3.29. The van der Waals surface area contributed by atoms with Gasteiger partial charge >= 0.3 is 5.97 Å². The fraction of sp³-hybridized carbons (Fsp3) is 0.143. The molecule has 6 heteroatoms. The summed E-state index contributed by atoms with van der Waals surface area (Å²) in [5.74, 6) is 1.63. The van der Waals surface area contributed by atoms with Gasteiger partial charge in [-0.1, -0.05) is 42.5 Å². The number of benzene rings is 3. The van der Waals surface area contributed by atoms with E-state index >= 15 is 0 Å². The van der Waals surface area contributed by atoms with E-state index in [9.17, 15) is 4.79 Å². The first-order chi connectivity index (χ1) is 16.6. The average molecular weight is 453 g/mol. The van der Waals surface area contributed by atoms with Gasteiger partial charge < -0.3 is 19.6 Å². The van der Waals surface area contributed by atoms with E-state index < -0.39 is 0 Å². The number of anilines is 1. The second-order valence-corrected chi connectivity index (χ2v) is 7.95. The number of carbonyl (C=O) groups excluding carboxylic acids is 1. The highest BCUT2D eigenvalue weighted by Gasteiger charge is 2.13. The van der Waals surface area contributed by atoms with Crippen molar-refractivity contribution in [3.8, 4) is 17.1 Å². The van der Waals surface area contributed by atoms with Crippen LogP contribution in [0, 0.1) is 0 Å². The van der Waals surface area contributed by atoms with Crippen LogP contribution in [0.3, 0.4) is 0 Å². The van der Waals surface area contributed by atoms with Gasteiger partial charge in [0.2, 0.25) is 0 Å². The standard InChI is InChI=1S/C28H24N2O4/c1-2-32-27(31)15-19-6-3-4-8-24(19)33-17-21-7-5-9-25-22(21)16-26(34-25)20-11-10-18-12-13-30-28(29)23(18)14-20/h3-14,16H,2,15,17H2,1H3,(H2,29,30). The highest BCUT2D eigenvalue weighted by molar-refractivity contribution is 5.95. The maximum atomic E-state index is 12.0. The summed E-state index contributed by atoms with van der Waals surface area (Å²) < 4.78 is 17.4. The van der Waals surface area contributed by atoms with Crippen LogP contribution in [0.4, 0.5) is 5.82 Å². The molecular formula is C28H24N2O4. The topological polar surface area (TPSA) is 87.6 Å². The molecule has 0 saturated heterocycles. The lowest BCUT2D eigenvalue weighted by Gasteiger charge is -2.11. The molecule has 0 aliphatic carbocycles. The van der Waals surface area contributed by atoms with Crippen molar-refractivity contribution < 1.29 is 18.7 Å². The third kappa shape index (κ3) is 4.30. The van der Waals surface area contributed by atoms with Gasteiger partial charge in [-0.05, 0) is 42.6 Å². The monoisotopic (exact) mass is 452 g/mol. The summed E-state index contributed by atoms with van der Waals surface area (Å²) in [7, 11) is 0. The van der Waals surface area contributed by atoms with Crippen LogP contribution in [-0.4, -0.2) is 17.6 Å². The Kier molecular flexibility index (Phi) is 5.87. The number of carbonyl (C=O) groups is 1. The molecule has 2 N–H and O–H groups in total. The van der Waals surface area contributed by atoms with Gasteiger partial charge in [0.15, 0.2) is 0 Å². The summed E-state index contributed by atoms with van der Waals surface area (Å²) in [6, 6.07) is 23.4. The van der Waals surface area contributed by atoms with Gasteiger partial charge in [-0.25, -0.2) is 4.98 Å². The Morgan fingerprint density at radius 3 is 2.71 bits per heavy atom. The predicted molar refractivity (Wildman–Crippen MR) is 132 cm³/mol. The molecule has 0 unspecified atom stereocenters. The van der Waals surface area contributed by atoms with Crippen LogP contribution in [0.15, 0.2) is 83.4 Å². The van der Waals surface area contributed by atoms with Gasteiger partial charge in [0.1, 0.15) is 29.5 Å². The molecule has 3 aromatic carbocycles. The van der Waals surface area contributed by atoms with Crippen molar-refractivity contribution in [2.24, 2.45) is 0 Å². The minimum absolute atomic E-state index is 0.171. The number of nitrogen functional groups attached to an aromatic ring is 1. The van der Waals surface area contributed by atoms with Gasteiger partial charge in [0.25, 0.3) is 0 Å². The number of para-hydroxylation sites is 1. The summed E-state index contributed by atoms with van der Waals surface area (Å²) in [4.78, 5) is 16.1. The van der Waals surface area contributed by atoms with Crippen LogP contribution in [0.25, 0.3) is 33.1 Å². The first-order valence-corrected chi connectivity index (χ1v) is 11.1. The quantitative estimate of drug-likeness (QED) is 0.309. The molecule has 0 radical (unpaired) electrons. The van der Waals surface area contributed by atoms with E-state index in [2.05, 4.69) is 4.98 Å². The number of hydrogen-bond donors (Lipinski definition) is 1. The number of hydrogen-bond acceptors (Lipinski definition) is 6. The molecule has 0 saturated carbocycles. The van der Waals surface area contributed by atoms with E-state index in [0.29, 0.717) is 24.8 Å². The fourth-order valence-electron chi connectivity index (χ4n) is 4.05. The lowest BCUT2D eigenvalue weighted by molar-refractivity contribution is -0.142. The molecule has 0 atom stereocenters. The Bertz CT molecular complexity index is 1490. The number of furan rings is 1. The zero-order valence-electron chi connectivity index (χ0n) is 18.8. The van der Waals surface area contributed by atoms with Crippen molar-refractivity contribution >= 4 is 33.5 Å². The van der Waals surface area contributed by atoms with E-state index in [1.807, 2.05) is 72.8 Å². The lowest BCUT2D eigenvalue weighted by atomic mass is 10.1. The van der Waals surface area contributed by atoms with Crippen LogP contribution in [0.5, 0.6) is 5.75 Å². The molecule has 170 valence electrons. The third-order valence-electron chi connectivity index (χ3n) is 5.73. The van der Waals surface area contributed by atoms with Crippen molar-refractivity contribution in [1.82, 2.24) is 4.98 Å². The molecule has 0 spiro atoms. The largest absolute Gasteiger partial charge is 0.489 e. The number of aromatic nitrogens is 1. The highest BCUT2D eigenvalue weighted by atomic mass is 16.5. The minimum atomic E-state index is -0.272. The molecule has 2 heterocycles. The maximum Gasteiger partial charge on any atom is 0.310 e. The number of nitrogens with two attached hydrogens (primary N) is 1. The van der Waals surface area contributed by atoms with Gasteiger partial charge in [-0.15, -0.1) is 0 Å². The number of fused-ring (bicyclic) bond motifs is 2. The number of pyridine rings is 1. The number of nitrogens with zero attached hydrogens (tertiary/aromatic N) is 1. The second-order valence-electron chi connectivity index (χ2n) is 7.95. The molecule has 0 fully saturated rings. The molecule has 0 aliphatic heterocycles. The van der Waals surface area contributed by atoms with Crippen molar-refractivity contribution in [2.75, 3.05) is 12.3 Å². The SMILES string of the molecule is CCOC(=O)Cc1ccccc1OCc1cccc2oc(-c3ccc4ccnc(N)c4c3)cc12. The predicted octanol–water partition coefficient (Wildman–Crippen LogP) is 5.91. The normalized spacial score (nSPS) is 11.1. The molecule has 5 rings (SSSR count). The van der Waals surface area contributed by atoms with E-state index in [4.69, 9.17) is 19.6 Å². The number of esters is 1. The van der Waals surface area contributed by atoms with Crippen molar-refractivity contribution in [2.45, 2.75) is 20.0 Å². The molecule has 2 aromatic heterocycles. The van der Waals surface area contributed by atoms with Gasteiger partial charge in [-0.3, -0.25) is 4.79 Å². The van der Waals surface area contributed by atoms with Crippen LogP contribution >= 0.6 is 0 Å². The highest BCUT2D eigenvalue weighted by Crippen LogP contribution is 2.33. The van der Waals surface area contributed by atoms with Crippen molar-refractivity contribution in [1.29, 1.82) is 0 Å². The Morgan fingerprint density at radius 2 is 1.82 bits per heavy atom. The molecule has 6 nitrogen and oxygen atoms in total. The Labute approximate surface area is 196 Å². The van der Waals surface area contributed by atoms with E-state index in [1.165, 1.54) is 0 Å². The summed E-state index contributed by atoms with van der Waals surface area (Å²) in [6.07, 6.45) is 1.87. The molecule has 34 heavy (non-hydrogen) atoms. The molecular weight excluding hydrogens is 428 g/mol. The Balaban J connectivity index is 1.42. The van der Waals surface area contributed by atoms with E-state index in [1.54, 1.807) is 13.1 Å². The van der Waals surface area contributed by atoms with Crippen LogP contribution in [0.2, 0.25) is 0 Å². The van der Waals surface area contributed by atoms with Crippen LogP contribution < -0.4 is 10.5 Å². The van der Waals surface area contributed by atoms with Gasteiger partial charge in [0.05, 0.1) is 13.0 Å². The fourth-order valence-corrected chi connectivity index (χ4v) is 4.05. The van der Waals surface area contributed by atoms with E-state index in [-0.39, 0.29) is 12.4 Å². The maximum absolute atomic E-state index is 12.0. The molecule has 5 aromatic rings. The lowest BCUT2D eigenvalue weighted by Crippen LogP contribution is -2.09. The summed E-state index contributed by atoms with van der Waals surface area (Å²) >= 11 is 0. The first-order valence-electron chi connectivity index (χ1n) is 11.1. The smallest absolute Gasteiger partial charge is 0.310 e. The summed E-state index contributed by atoms with van der Waals surface area (Å²) in [5, 5.41) is 2.89. The first kappa shape index (κ1) is 21.5. The number of rotatable bonds is 7. The summed E-state index contributed by atoms with van der Waals surface area (Å²) in [5.41, 5.74) is 9.55. The molecule has 0 bridgehead atoms. The Hall–Kier alpha value is -4.32. The molecule has 0 amide bonds. The molecule has 0 aliphatic rings. The van der Waals surface area contributed by atoms with Gasteiger partial charge in [-0.2, -0.15) is 0 Å². The summed E-state index contributed by atoms with van der Waals surface area (Å²) in [6.45, 7) is 2.49. The number of ether oxygens (including phenoxy) is 2. The van der Waals surface area contributed by atoms with E-state index in [0.717, 1.165) is 44.2 Å². The Morgan fingerprint density at radius 1 is 0.971 bits per heavy atom. The second kappa shape index (κ2) is 9.27. The van der Waals surface area contributed by atoms with Gasteiger partial charge in [0, 0.05) is 33.7 Å². The van der Waals surface area contributed by atoms with Crippen LogP contribution in [0.1, 0.15) is 18.1 Å². The zero-order chi connectivity index (χ0) is 23.5. The van der Waals surface area contributed by atoms with Crippen molar-refractivity contribution in [3.05, 3.63) is 90.1 Å².